The van der Waals surface area contributed by atoms with Crippen LogP contribution in [0.2, 0.25) is 0 Å². The van der Waals surface area contributed by atoms with Crippen LogP contribution in [0.5, 0.6) is 5.75 Å². The molecule has 0 radical (unpaired) electrons. The molecule has 0 bridgehead atoms. The van der Waals surface area contributed by atoms with Crippen molar-refractivity contribution >= 4 is 33.7 Å². The van der Waals surface area contributed by atoms with Crippen LogP contribution in [0.3, 0.4) is 0 Å². The number of ether oxygens (including phenoxy) is 1. The molecule has 5 rings (SSSR count). The first-order chi connectivity index (χ1) is 18.1. The van der Waals surface area contributed by atoms with Crippen LogP contribution in [-0.2, 0) is 11.3 Å². The second-order valence-electron chi connectivity index (χ2n) is 8.23. The number of aromatic nitrogens is 1. The third kappa shape index (κ3) is 3.90. The number of fused-ring (bicyclic) bond motifs is 3. The number of amides is 1. The molecule has 3 N–H and O–H groups in total. The summed E-state index contributed by atoms with van der Waals surface area (Å²) in [5.41, 5.74) is 4.98. The van der Waals surface area contributed by atoms with Crippen LogP contribution in [0, 0.1) is 29.1 Å². The summed E-state index contributed by atoms with van der Waals surface area (Å²) in [4.78, 5) is 23.6. The molecule has 0 fully saturated rings. The van der Waals surface area contributed by atoms with Gasteiger partial charge in [0.15, 0.2) is 29.9 Å². The van der Waals surface area contributed by atoms with Crippen LogP contribution in [0.25, 0.3) is 33.1 Å². The van der Waals surface area contributed by atoms with Gasteiger partial charge in [-0.25, -0.2) is 26.7 Å². The van der Waals surface area contributed by atoms with Gasteiger partial charge in [0.05, 0.1) is 29.2 Å². The van der Waals surface area contributed by atoms with E-state index in [2.05, 4.69) is 0 Å². The molecule has 194 valence electrons. The lowest BCUT2D eigenvalue weighted by Crippen LogP contribution is -2.12. The number of carboxylic acids is 1. The van der Waals surface area contributed by atoms with Gasteiger partial charge in [0.1, 0.15) is 11.5 Å². The second kappa shape index (κ2) is 9.21. The van der Waals surface area contributed by atoms with E-state index < -0.39 is 59.7 Å². The van der Waals surface area contributed by atoms with Crippen molar-refractivity contribution in [1.29, 1.82) is 0 Å². The highest BCUT2D eigenvalue weighted by Crippen LogP contribution is 2.41. The summed E-state index contributed by atoms with van der Waals surface area (Å²) in [6.07, 6.45) is 1.37. The van der Waals surface area contributed by atoms with Crippen molar-refractivity contribution in [3.63, 3.8) is 0 Å². The Morgan fingerprint density at radius 1 is 0.895 bits per heavy atom. The molecule has 5 aromatic rings. The Hall–Kier alpha value is -4.87. The Morgan fingerprint density at radius 3 is 2.18 bits per heavy atom. The van der Waals surface area contributed by atoms with Gasteiger partial charge >= 0.3 is 5.97 Å². The molecule has 0 aliphatic heterocycles. The summed E-state index contributed by atoms with van der Waals surface area (Å²) in [5, 5.41) is 9.45. The van der Waals surface area contributed by atoms with Gasteiger partial charge in [-0.05, 0) is 36.4 Å². The van der Waals surface area contributed by atoms with E-state index in [1.807, 2.05) is 0 Å². The van der Waals surface area contributed by atoms with E-state index in [1.54, 1.807) is 12.1 Å². The number of benzene rings is 3. The van der Waals surface area contributed by atoms with E-state index >= 15 is 0 Å². The van der Waals surface area contributed by atoms with E-state index in [-0.39, 0.29) is 33.1 Å². The van der Waals surface area contributed by atoms with Crippen molar-refractivity contribution in [2.45, 2.75) is 6.54 Å². The average molecular weight is 530 g/mol. The minimum atomic E-state index is -2.30. The van der Waals surface area contributed by atoms with Gasteiger partial charge in [-0.2, -0.15) is 0 Å². The van der Waals surface area contributed by atoms with Crippen molar-refractivity contribution in [1.82, 2.24) is 4.57 Å². The third-order valence-corrected chi connectivity index (χ3v) is 5.99. The monoisotopic (exact) mass is 530 g/mol. The Bertz CT molecular complexity index is 1730. The molecule has 12 heteroatoms. The molecule has 3 aromatic carbocycles. The minimum Gasteiger partial charge on any atom is -0.481 e. The van der Waals surface area contributed by atoms with Crippen LogP contribution in [0.4, 0.5) is 22.0 Å². The van der Waals surface area contributed by atoms with E-state index in [1.165, 1.54) is 41.2 Å². The third-order valence-electron chi connectivity index (χ3n) is 5.99. The summed E-state index contributed by atoms with van der Waals surface area (Å²) in [7, 11) is 0. The zero-order chi connectivity index (χ0) is 27.3. The zero-order valence-corrected chi connectivity index (χ0v) is 19.0. The number of rotatable bonds is 7. The number of carboxylic acid groups (broad SMARTS) is 1. The molecule has 0 atom stereocenters. The van der Waals surface area contributed by atoms with Crippen molar-refractivity contribution in [3.05, 3.63) is 88.9 Å². The number of carbonyl (C=O) groups excluding carboxylic acids is 1. The molecular weight excluding hydrogens is 515 g/mol. The van der Waals surface area contributed by atoms with E-state index in [9.17, 15) is 36.6 Å². The Kier molecular flexibility index (Phi) is 6.02. The average Bonchev–Trinajstić information content (AvgIpc) is 3.54. The molecule has 38 heavy (non-hydrogen) atoms. The fraction of sp³-hybridized carbons (Fsp3) is 0.0769. The maximum Gasteiger partial charge on any atom is 0.341 e. The number of halogens is 5. The first-order valence-electron chi connectivity index (χ1n) is 10.9. The highest BCUT2D eigenvalue weighted by molar-refractivity contribution is 6.20. The van der Waals surface area contributed by atoms with Crippen molar-refractivity contribution in [2.75, 3.05) is 6.61 Å². The molecule has 0 saturated carbocycles. The standard InChI is InChI=1S/C26H15F5N2O5/c27-21-13(22(28)24(30)25(31)23(21)29)9-33-14-4-1-3-12(26(32)36)19(14)20-15(33)7-11(16-5-2-6-37-16)8-17(20)38-10-18(34)35/h1-8H,9-10H2,(H2,32,36)(H,34,35). The molecule has 0 unspecified atom stereocenters. The largest absolute Gasteiger partial charge is 0.481 e. The smallest absolute Gasteiger partial charge is 0.341 e. The van der Waals surface area contributed by atoms with Gasteiger partial charge in [0, 0.05) is 22.1 Å². The molecule has 7 nitrogen and oxygen atoms in total. The van der Waals surface area contributed by atoms with Crippen molar-refractivity contribution < 1.29 is 45.8 Å². The van der Waals surface area contributed by atoms with E-state index in [4.69, 9.17) is 14.9 Å². The predicted molar refractivity (Wildman–Crippen MR) is 124 cm³/mol. The molecule has 1 amide bonds. The topological polar surface area (TPSA) is 108 Å². The first-order valence-corrected chi connectivity index (χ1v) is 10.9. The normalized spacial score (nSPS) is 11.4. The summed E-state index contributed by atoms with van der Waals surface area (Å²) >= 11 is 0. The van der Waals surface area contributed by atoms with Gasteiger partial charge in [-0.15, -0.1) is 0 Å². The lowest BCUT2D eigenvalue weighted by atomic mass is 10.0. The molecule has 0 spiro atoms. The number of hydrogen-bond donors (Lipinski definition) is 2. The summed E-state index contributed by atoms with van der Waals surface area (Å²) in [5.74, 6) is -12.5. The fourth-order valence-corrected chi connectivity index (χ4v) is 4.38. The highest BCUT2D eigenvalue weighted by Gasteiger charge is 2.28. The molecule has 0 aliphatic carbocycles. The molecule has 2 aromatic heterocycles. The Balaban J connectivity index is 1.90. The lowest BCUT2D eigenvalue weighted by molar-refractivity contribution is -0.139. The van der Waals surface area contributed by atoms with Crippen LogP contribution in [0.15, 0.2) is 53.1 Å². The SMILES string of the molecule is NC(=O)c1cccc2c1c1c(OCC(=O)O)cc(-c3ccco3)cc1n2Cc1c(F)c(F)c(F)c(F)c1F. The van der Waals surface area contributed by atoms with Gasteiger partial charge < -0.3 is 24.6 Å². The molecule has 0 aliphatic rings. The number of primary amides is 1. The predicted octanol–water partition coefficient (Wildman–Crippen LogP) is 5.36. The molecule has 2 heterocycles. The van der Waals surface area contributed by atoms with E-state index in [0.29, 0.717) is 11.3 Å². The lowest BCUT2D eigenvalue weighted by Gasteiger charge is -2.13. The minimum absolute atomic E-state index is 0.0467. The van der Waals surface area contributed by atoms with Crippen molar-refractivity contribution in [3.8, 4) is 17.1 Å². The Morgan fingerprint density at radius 2 is 1.58 bits per heavy atom. The highest BCUT2D eigenvalue weighted by atomic mass is 19.2. The van der Waals surface area contributed by atoms with Crippen molar-refractivity contribution in [2.24, 2.45) is 5.73 Å². The molecule has 0 saturated heterocycles. The summed E-state index contributed by atoms with van der Waals surface area (Å²) < 4.78 is 83.2. The maximum absolute atomic E-state index is 14.7. The fourth-order valence-electron chi connectivity index (χ4n) is 4.38. The number of aliphatic carboxylic acids is 1. The zero-order valence-electron chi connectivity index (χ0n) is 19.0. The number of furan rings is 1. The number of nitrogens with two attached hydrogens (primary N) is 1. The van der Waals surface area contributed by atoms with Gasteiger partial charge in [0.25, 0.3) is 0 Å². The van der Waals surface area contributed by atoms with Crippen LogP contribution in [0.1, 0.15) is 15.9 Å². The maximum atomic E-state index is 14.7. The van der Waals surface area contributed by atoms with Gasteiger partial charge in [0.2, 0.25) is 11.7 Å². The first kappa shape index (κ1) is 24.8. The second-order valence-corrected chi connectivity index (χ2v) is 8.23. The number of carbonyl (C=O) groups is 2. The molecular formula is C26H15F5N2O5. The number of hydrogen-bond acceptors (Lipinski definition) is 4. The quantitative estimate of drug-likeness (QED) is 0.167. The number of nitrogens with zero attached hydrogens (tertiary/aromatic N) is 1. The summed E-state index contributed by atoms with van der Waals surface area (Å²) in [6, 6.07) is 10.3. The Labute approximate surface area is 209 Å². The van der Waals surface area contributed by atoms with Gasteiger partial charge in [-0.1, -0.05) is 6.07 Å². The summed E-state index contributed by atoms with van der Waals surface area (Å²) in [6.45, 7) is -1.65. The van der Waals surface area contributed by atoms with Gasteiger partial charge in [-0.3, -0.25) is 4.79 Å². The van der Waals surface area contributed by atoms with E-state index in [0.717, 1.165) is 0 Å². The van der Waals surface area contributed by atoms with Crippen LogP contribution >= 0.6 is 0 Å². The van der Waals surface area contributed by atoms with Crippen LogP contribution < -0.4 is 10.5 Å². The van der Waals surface area contributed by atoms with Crippen LogP contribution in [-0.4, -0.2) is 28.2 Å².